The van der Waals surface area contributed by atoms with Gasteiger partial charge >= 0.3 is 6.18 Å². The van der Waals surface area contributed by atoms with Crippen LogP contribution in [0.4, 0.5) is 17.6 Å². The summed E-state index contributed by atoms with van der Waals surface area (Å²) in [5, 5.41) is 8.45. The molecule has 0 spiro atoms. The van der Waals surface area contributed by atoms with Gasteiger partial charge in [0.05, 0.1) is 34.3 Å². The quantitative estimate of drug-likeness (QED) is 0.222. The minimum Gasteiger partial charge on any atom is -0.291 e. The molecule has 0 radical (unpaired) electrons. The van der Waals surface area contributed by atoms with Gasteiger partial charge in [0.25, 0.3) is 0 Å². The number of sulfone groups is 1. The summed E-state index contributed by atoms with van der Waals surface area (Å²) in [5.74, 6) is -1.51. The highest BCUT2D eigenvalue weighted by Gasteiger charge is 2.50. The van der Waals surface area contributed by atoms with E-state index in [0.29, 0.717) is 36.0 Å². The number of carbonyl (C=O) groups is 1. The molecule has 3 heterocycles. The summed E-state index contributed by atoms with van der Waals surface area (Å²) < 4.78 is 82.6. The van der Waals surface area contributed by atoms with Crippen molar-refractivity contribution < 1.29 is 30.8 Å². The number of hydrogen-bond acceptors (Lipinski definition) is 6. The zero-order valence-corrected chi connectivity index (χ0v) is 23.2. The Morgan fingerprint density at radius 1 is 1.10 bits per heavy atom. The molecule has 218 valence electrons. The smallest absolute Gasteiger partial charge is 0.291 e. The zero-order chi connectivity index (χ0) is 29.9. The van der Waals surface area contributed by atoms with Crippen molar-refractivity contribution in [2.45, 2.75) is 36.9 Å². The van der Waals surface area contributed by atoms with Crippen molar-refractivity contribution in [3.63, 3.8) is 0 Å². The molecule has 4 aromatic rings. The molecule has 42 heavy (non-hydrogen) atoms. The Bertz CT molecular complexity index is 1810. The van der Waals surface area contributed by atoms with Crippen molar-refractivity contribution >= 4 is 21.7 Å². The first-order valence-corrected chi connectivity index (χ1v) is 14.9. The second-order valence-electron chi connectivity index (χ2n) is 10.8. The Labute approximate surface area is 238 Å². The number of halogens is 4. The van der Waals surface area contributed by atoms with E-state index in [0.717, 1.165) is 17.7 Å². The van der Waals surface area contributed by atoms with Gasteiger partial charge in [-0.05, 0) is 85.7 Å². The standard InChI is InChI=1S/C29H25F4N5O3S/c1-37-11-10-26(36-37)42(40,41)17-18-2-3-20-12-25-19(15-35-38(25)23-7-5-22(30)6-8-23)14-28(20,13-18)27(39)24-9-4-21(16-34-24)29(31,32)33/h4-12,15-16,18H,2-3,13-14,17H2,1H3/t18?,28-/m1/s1. The van der Waals surface area contributed by atoms with Crippen molar-refractivity contribution in [3.8, 4) is 5.69 Å². The number of nitrogens with zero attached hydrogens (tertiary/aromatic N) is 5. The van der Waals surface area contributed by atoms with E-state index >= 15 is 0 Å². The summed E-state index contributed by atoms with van der Waals surface area (Å²) >= 11 is 0. The van der Waals surface area contributed by atoms with E-state index in [1.807, 2.05) is 6.08 Å². The summed E-state index contributed by atoms with van der Waals surface area (Å²) in [5.41, 5.74) is 0.443. The average Bonchev–Trinajstić information content (AvgIpc) is 3.57. The Balaban J connectivity index is 1.39. The van der Waals surface area contributed by atoms with Gasteiger partial charge in [0, 0.05) is 19.4 Å². The lowest BCUT2D eigenvalue weighted by Crippen LogP contribution is -2.43. The van der Waals surface area contributed by atoms with Gasteiger partial charge in [-0.3, -0.25) is 14.5 Å². The van der Waals surface area contributed by atoms with Crippen LogP contribution in [0.25, 0.3) is 11.8 Å². The molecule has 0 amide bonds. The highest BCUT2D eigenvalue weighted by Crippen LogP contribution is 2.52. The molecule has 0 bridgehead atoms. The number of alkyl halides is 3. The maximum Gasteiger partial charge on any atom is 0.417 e. The lowest BCUT2D eigenvalue weighted by Gasteiger charge is -2.43. The van der Waals surface area contributed by atoms with E-state index in [1.165, 1.54) is 29.1 Å². The maximum atomic E-state index is 14.2. The third kappa shape index (κ3) is 4.95. The molecule has 6 rings (SSSR count). The van der Waals surface area contributed by atoms with Crippen LogP contribution >= 0.6 is 0 Å². The van der Waals surface area contributed by atoms with E-state index in [2.05, 4.69) is 15.2 Å². The maximum absolute atomic E-state index is 14.2. The monoisotopic (exact) mass is 599 g/mol. The Hall–Kier alpha value is -4.13. The molecule has 13 heteroatoms. The van der Waals surface area contributed by atoms with E-state index in [1.54, 1.807) is 30.1 Å². The van der Waals surface area contributed by atoms with Gasteiger partial charge in [-0.2, -0.15) is 23.4 Å². The van der Waals surface area contributed by atoms with Crippen molar-refractivity contribution in [1.82, 2.24) is 24.5 Å². The number of Topliss-reactive ketones (excluding diaryl/α,β-unsaturated/α-hetero) is 1. The topological polar surface area (TPSA) is 99.7 Å². The molecule has 2 atom stereocenters. The van der Waals surface area contributed by atoms with Crippen LogP contribution in [0.15, 0.2) is 71.7 Å². The van der Waals surface area contributed by atoms with Crippen molar-refractivity contribution in [2.24, 2.45) is 18.4 Å². The van der Waals surface area contributed by atoms with E-state index < -0.39 is 44.5 Å². The second-order valence-corrected chi connectivity index (χ2v) is 12.8. The number of rotatable bonds is 6. The first kappa shape index (κ1) is 28.0. The minimum absolute atomic E-state index is 0.0531. The van der Waals surface area contributed by atoms with Crippen LogP contribution in [0, 0.1) is 17.2 Å². The minimum atomic E-state index is -4.61. The second kappa shape index (κ2) is 10.0. The molecule has 1 aromatic carbocycles. The predicted molar refractivity (Wildman–Crippen MR) is 144 cm³/mol. The summed E-state index contributed by atoms with van der Waals surface area (Å²) in [6.45, 7) is 0. The number of aryl methyl sites for hydroxylation is 1. The van der Waals surface area contributed by atoms with E-state index in [-0.39, 0.29) is 29.3 Å². The third-order valence-corrected chi connectivity index (χ3v) is 9.82. The first-order valence-electron chi connectivity index (χ1n) is 13.2. The summed E-state index contributed by atoms with van der Waals surface area (Å²) in [6, 6.07) is 9.12. The molecule has 2 aliphatic carbocycles. The van der Waals surface area contributed by atoms with Gasteiger partial charge in [-0.1, -0.05) is 5.57 Å². The van der Waals surface area contributed by atoms with Crippen LogP contribution in [0.5, 0.6) is 0 Å². The van der Waals surface area contributed by atoms with E-state index in [4.69, 9.17) is 0 Å². The van der Waals surface area contributed by atoms with Gasteiger partial charge in [0.1, 0.15) is 11.5 Å². The fraction of sp³-hybridized carbons (Fsp3) is 0.310. The fourth-order valence-corrected chi connectivity index (χ4v) is 7.64. The number of allylic oxidation sites excluding steroid dienone is 1. The zero-order valence-electron chi connectivity index (χ0n) is 22.3. The molecule has 1 fully saturated rings. The molecule has 1 unspecified atom stereocenters. The van der Waals surface area contributed by atoms with Gasteiger partial charge in [0.2, 0.25) is 0 Å². The SMILES string of the molecule is Cn1ccc(S(=O)(=O)CC2CCC3=Cc4c(cnn4-c4ccc(F)cc4)C[C@]3(C(=O)c3ccc(C(F)(F)F)cn3)C2)n1. The van der Waals surface area contributed by atoms with Crippen LogP contribution < -0.4 is 0 Å². The molecule has 0 N–H and O–H groups in total. The number of hydrogen-bond donors (Lipinski definition) is 0. The van der Waals surface area contributed by atoms with Crippen molar-refractivity contribution in [1.29, 1.82) is 0 Å². The fourth-order valence-electron chi connectivity index (χ4n) is 6.04. The molecule has 2 aliphatic rings. The van der Waals surface area contributed by atoms with Crippen molar-refractivity contribution in [2.75, 3.05) is 5.75 Å². The summed E-state index contributed by atoms with van der Waals surface area (Å²) in [6.07, 6.45) is 2.22. The van der Waals surface area contributed by atoms with Crippen LogP contribution in [0.1, 0.15) is 46.6 Å². The van der Waals surface area contributed by atoms with Crippen LogP contribution in [0.2, 0.25) is 0 Å². The normalized spacial score (nSPS) is 20.5. The Morgan fingerprint density at radius 3 is 2.50 bits per heavy atom. The molecule has 3 aromatic heterocycles. The Kier molecular flexibility index (Phi) is 6.67. The molecule has 0 saturated heterocycles. The largest absolute Gasteiger partial charge is 0.417 e. The van der Waals surface area contributed by atoms with Crippen LogP contribution in [-0.4, -0.2) is 44.5 Å². The molecular formula is C29H25F4N5O3S. The number of carbonyl (C=O) groups excluding carboxylic acids is 1. The van der Waals surface area contributed by atoms with Crippen LogP contribution in [-0.2, 0) is 29.5 Å². The average molecular weight is 600 g/mol. The number of aromatic nitrogens is 5. The van der Waals surface area contributed by atoms with Crippen LogP contribution in [0.3, 0.4) is 0 Å². The van der Waals surface area contributed by atoms with Gasteiger partial charge in [-0.15, -0.1) is 0 Å². The number of ketones is 1. The number of pyridine rings is 1. The van der Waals surface area contributed by atoms with Gasteiger partial charge in [0.15, 0.2) is 20.6 Å². The van der Waals surface area contributed by atoms with E-state index in [9.17, 15) is 30.8 Å². The first-order chi connectivity index (χ1) is 19.9. The van der Waals surface area contributed by atoms with Gasteiger partial charge in [-0.25, -0.2) is 17.5 Å². The lowest BCUT2D eigenvalue weighted by atomic mass is 9.59. The molecular weight excluding hydrogens is 574 g/mol. The number of benzene rings is 1. The molecule has 0 aliphatic heterocycles. The van der Waals surface area contributed by atoms with Gasteiger partial charge < -0.3 is 0 Å². The predicted octanol–water partition coefficient (Wildman–Crippen LogP) is 5.24. The Morgan fingerprint density at radius 2 is 1.86 bits per heavy atom. The summed E-state index contributed by atoms with van der Waals surface area (Å²) in [7, 11) is -2.14. The molecule has 1 saturated carbocycles. The summed E-state index contributed by atoms with van der Waals surface area (Å²) in [4.78, 5) is 18.1. The third-order valence-electron chi connectivity index (χ3n) is 8.06. The number of fused-ring (bicyclic) bond motifs is 2. The highest BCUT2D eigenvalue weighted by atomic mass is 32.2. The highest BCUT2D eigenvalue weighted by molar-refractivity contribution is 7.91. The lowest BCUT2D eigenvalue weighted by molar-refractivity contribution is -0.137. The van der Waals surface area contributed by atoms with Crippen molar-refractivity contribution in [3.05, 3.63) is 95.0 Å². The molecule has 8 nitrogen and oxygen atoms in total.